The van der Waals surface area contributed by atoms with Crippen LogP contribution < -0.4 is 26.2 Å². The van der Waals surface area contributed by atoms with Crippen LogP contribution in [-0.2, 0) is 21.7 Å². The first kappa shape index (κ1) is 58.7. The molecule has 0 N–H and O–H groups in total. The lowest BCUT2D eigenvalue weighted by atomic mass is 9.33. The molecular formula is C88H85BN4. The van der Waals surface area contributed by atoms with Crippen LogP contribution in [0.5, 0.6) is 0 Å². The molecule has 0 atom stereocenters. The minimum absolute atomic E-state index is 0.00641. The van der Waals surface area contributed by atoms with Crippen molar-refractivity contribution in [1.29, 1.82) is 0 Å². The van der Waals surface area contributed by atoms with Crippen LogP contribution in [0.4, 0.5) is 34.1 Å². The molecule has 1 saturated carbocycles. The molecule has 4 nitrogen and oxygen atoms in total. The fourth-order valence-electron chi connectivity index (χ4n) is 16.0. The maximum absolute atomic E-state index is 2.73. The Labute approximate surface area is 551 Å². The molecule has 0 bridgehead atoms. The summed E-state index contributed by atoms with van der Waals surface area (Å²) in [4.78, 5) is 5.47. The number of para-hydroxylation sites is 4. The van der Waals surface area contributed by atoms with E-state index in [0.717, 1.165) is 11.4 Å². The highest BCUT2D eigenvalue weighted by atomic mass is 15.2. The lowest BCUT2D eigenvalue weighted by Crippen LogP contribution is -2.61. The van der Waals surface area contributed by atoms with Gasteiger partial charge in [-0.25, -0.2) is 0 Å². The molecule has 1 fully saturated rings. The van der Waals surface area contributed by atoms with Gasteiger partial charge in [-0.1, -0.05) is 248 Å². The average Bonchev–Trinajstić information content (AvgIpc) is 1.11. The summed E-state index contributed by atoms with van der Waals surface area (Å²) in [5, 5.41) is 5.03. The van der Waals surface area contributed by atoms with E-state index in [1.54, 1.807) is 0 Å². The smallest absolute Gasteiger partial charge is 0.252 e. The van der Waals surface area contributed by atoms with Crippen molar-refractivity contribution in [1.82, 2.24) is 9.13 Å². The molecule has 2 aliphatic heterocycles. The van der Waals surface area contributed by atoms with Crippen molar-refractivity contribution in [3.63, 3.8) is 0 Å². The van der Waals surface area contributed by atoms with Crippen LogP contribution in [0.25, 0.3) is 77.2 Å². The number of rotatable bonds is 7. The van der Waals surface area contributed by atoms with Gasteiger partial charge in [-0.2, -0.15) is 0 Å². The Kier molecular flexibility index (Phi) is 13.7. The summed E-state index contributed by atoms with van der Waals surface area (Å²) in [6, 6.07) is 90.1. The second-order valence-corrected chi connectivity index (χ2v) is 31.3. The fourth-order valence-corrected chi connectivity index (χ4v) is 16.0. The molecule has 0 unspecified atom stereocenters. The largest absolute Gasteiger partial charge is 0.311 e. The van der Waals surface area contributed by atoms with E-state index in [1.165, 1.54) is 176 Å². The Morgan fingerprint density at radius 3 is 1.01 bits per heavy atom. The summed E-state index contributed by atoms with van der Waals surface area (Å²) in [6.07, 6.45) is 6.08. The van der Waals surface area contributed by atoms with Crippen molar-refractivity contribution >= 4 is 101 Å². The number of aromatic nitrogens is 2. The zero-order valence-corrected chi connectivity index (χ0v) is 56.4. The van der Waals surface area contributed by atoms with E-state index in [1.807, 2.05) is 0 Å². The molecule has 5 heteroatoms. The second-order valence-electron chi connectivity index (χ2n) is 31.3. The summed E-state index contributed by atoms with van der Waals surface area (Å²) in [5.41, 5.74) is 29.7. The Morgan fingerprint density at radius 2 is 0.656 bits per heavy atom. The number of hydrogen-bond donors (Lipinski definition) is 0. The monoisotopic (exact) mass is 1210 g/mol. The second kappa shape index (κ2) is 21.6. The van der Waals surface area contributed by atoms with E-state index in [-0.39, 0.29) is 28.4 Å². The van der Waals surface area contributed by atoms with Crippen LogP contribution in [0.1, 0.15) is 149 Å². The molecule has 460 valence electrons. The van der Waals surface area contributed by atoms with Crippen LogP contribution >= 0.6 is 0 Å². The van der Waals surface area contributed by atoms with Crippen molar-refractivity contribution in [2.45, 2.75) is 143 Å². The minimum Gasteiger partial charge on any atom is -0.311 e. The molecule has 93 heavy (non-hydrogen) atoms. The summed E-state index contributed by atoms with van der Waals surface area (Å²) in [7, 11) is 0. The van der Waals surface area contributed by atoms with E-state index in [9.17, 15) is 0 Å². The number of nitrogens with zero attached hydrogens (tertiary/aromatic N) is 4. The number of benzene rings is 11. The van der Waals surface area contributed by atoms with Gasteiger partial charge < -0.3 is 18.9 Å². The van der Waals surface area contributed by atoms with E-state index in [4.69, 9.17) is 0 Å². The molecule has 0 saturated heterocycles. The summed E-state index contributed by atoms with van der Waals surface area (Å²) < 4.78 is 5.03. The van der Waals surface area contributed by atoms with Gasteiger partial charge >= 0.3 is 0 Å². The first-order valence-corrected chi connectivity index (χ1v) is 34.2. The third-order valence-corrected chi connectivity index (χ3v) is 21.1. The van der Waals surface area contributed by atoms with Crippen molar-refractivity contribution in [3.8, 4) is 33.6 Å². The van der Waals surface area contributed by atoms with Gasteiger partial charge in [-0.3, -0.25) is 0 Å². The molecule has 1 aliphatic carbocycles. The fraction of sp³-hybridized carbons (Fsp3) is 0.250. The molecule has 16 rings (SSSR count). The molecule has 2 aromatic heterocycles. The summed E-state index contributed by atoms with van der Waals surface area (Å²) in [6.45, 7) is 28.0. The van der Waals surface area contributed by atoms with Gasteiger partial charge in [0, 0.05) is 66.8 Å². The summed E-state index contributed by atoms with van der Waals surface area (Å²) in [5.74, 6) is 0.401. The molecular weight excluding hydrogens is 1120 g/mol. The van der Waals surface area contributed by atoms with Crippen LogP contribution in [0.15, 0.2) is 231 Å². The van der Waals surface area contributed by atoms with E-state index in [0.29, 0.717) is 5.92 Å². The Morgan fingerprint density at radius 1 is 0.312 bits per heavy atom. The maximum Gasteiger partial charge on any atom is 0.252 e. The van der Waals surface area contributed by atoms with E-state index >= 15 is 0 Å². The molecule has 4 heterocycles. The number of fused-ring (bicyclic) bond motifs is 10. The first-order chi connectivity index (χ1) is 44.7. The topological polar surface area (TPSA) is 16.3 Å². The molecule has 0 radical (unpaired) electrons. The van der Waals surface area contributed by atoms with Gasteiger partial charge in [0.1, 0.15) is 0 Å². The van der Waals surface area contributed by atoms with E-state index in [2.05, 4.69) is 333 Å². The van der Waals surface area contributed by atoms with Crippen LogP contribution in [0.3, 0.4) is 0 Å². The third kappa shape index (κ3) is 9.77. The van der Waals surface area contributed by atoms with Crippen molar-refractivity contribution in [2.24, 2.45) is 0 Å². The molecule has 0 spiro atoms. The molecule has 13 aromatic rings. The predicted octanol–water partition coefficient (Wildman–Crippen LogP) is 22.5. The quantitative estimate of drug-likeness (QED) is 0.148. The predicted molar refractivity (Wildman–Crippen MR) is 401 cm³/mol. The average molecular weight is 1210 g/mol. The highest BCUT2D eigenvalue weighted by Crippen LogP contribution is 2.52. The van der Waals surface area contributed by atoms with Crippen molar-refractivity contribution in [2.75, 3.05) is 9.80 Å². The van der Waals surface area contributed by atoms with Crippen LogP contribution in [0, 0.1) is 0 Å². The zero-order valence-electron chi connectivity index (χ0n) is 56.4. The van der Waals surface area contributed by atoms with Crippen molar-refractivity contribution in [3.05, 3.63) is 258 Å². The highest BCUT2D eigenvalue weighted by molar-refractivity contribution is 7.00. The van der Waals surface area contributed by atoms with Gasteiger partial charge in [0.2, 0.25) is 0 Å². The Balaban J connectivity index is 1.05. The standard InChI is InChI=1S/C88H85BN4/c1-85(2,3)60-38-34-57(35-39-60)70-52-62(87(7,8)9)42-48-78(70)92-80-54-64(90-74-30-20-16-26-66(74)67-27-17-21-31-75(67)90)44-46-72(80)89-73-47-45-65(91-76-32-22-18-28-68(76)69-29-19-23-33-77(69)91)55-81(73)93(83-51-59(50-82(92)84(83)89)56-24-14-13-15-25-56)79-49-43-63(88(10,11)12)53-71(79)58-36-40-61(41-37-58)86(4,5)6/h16-23,26-56H,13-15,24-25H2,1-12H3. The third-order valence-electron chi connectivity index (χ3n) is 21.1. The maximum atomic E-state index is 2.73. The lowest BCUT2D eigenvalue weighted by molar-refractivity contribution is 0.444. The molecule has 0 amide bonds. The van der Waals surface area contributed by atoms with E-state index < -0.39 is 0 Å². The van der Waals surface area contributed by atoms with Gasteiger partial charge in [-0.05, 0) is 181 Å². The lowest BCUT2D eigenvalue weighted by Gasteiger charge is -2.46. The zero-order chi connectivity index (χ0) is 64.0. The van der Waals surface area contributed by atoms with Gasteiger partial charge in [0.05, 0.1) is 33.4 Å². The highest BCUT2D eigenvalue weighted by Gasteiger charge is 2.46. The van der Waals surface area contributed by atoms with Crippen molar-refractivity contribution < 1.29 is 0 Å². The van der Waals surface area contributed by atoms with Gasteiger partial charge in [-0.15, -0.1) is 0 Å². The molecule has 3 aliphatic rings. The summed E-state index contributed by atoms with van der Waals surface area (Å²) >= 11 is 0. The SMILES string of the molecule is CC(C)(C)c1ccc(-c2cc(C(C)(C)C)ccc2N2c3cc(-n4c5ccccc5c5ccccc54)ccc3B3c4ccc(-n5c6ccccc6c6ccccc65)cc4N(c4ccc(C(C)(C)C)cc4-c4ccc(C(C)(C)C)cc4)c4cc(C5CCCCC5)cc2c43)cc1. The first-order valence-electron chi connectivity index (χ1n) is 34.2. The Hall–Kier alpha value is -9.32. The molecule has 11 aromatic carbocycles. The normalized spacial score (nSPS) is 14.6. The van der Waals surface area contributed by atoms with Crippen LogP contribution in [-0.4, -0.2) is 15.8 Å². The number of anilines is 6. The van der Waals surface area contributed by atoms with Gasteiger partial charge in [0.25, 0.3) is 6.71 Å². The van der Waals surface area contributed by atoms with Gasteiger partial charge in [0.15, 0.2) is 0 Å². The number of hydrogen-bond acceptors (Lipinski definition) is 2. The van der Waals surface area contributed by atoms with Crippen LogP contribution in [0.2, 0.25) is 0 Å². The Bertz CT molecular complexity index is 4700. The minimum atomic E-state index is -0.126.